The minimum Gasteiger partial charge on any atom is -0.490 e. The molecule has 1 aliphatic rings. The molecular formula is C21H16Cl2INO6S. The molecule has 2 aromatic rings. The molecular weight excluding hydrogens is 592 g/mol. The largest absolute Gasteiger partial charge is 0.490 e. The number of benzene rings is 2. The molecule has 11 heteroatoms. The van der Waals surface area contributed by atoms with Crippen molar-refractivity contribution in [3.8, 4) is 11.5 Å². The minimum absolute atomic E-state index is 0.135. The third-order valence-electron chi connectivity index (χ3n) is 4.18. The van der Waals surface area contributed by atoms with E-state index in [0.717, 1.165) is 9.13 Å². The van der Waals surface area contributed by atoms with Crippen molar-refractivity contribution in [2.75, 3.05) is 13.2 Å². The molecule has 0 aliphatic carbocycles. The zero-order chi connectivity index (χ0) is 23.4. The maximum Gasteiger partial charge on any atom is 0.323 e. The summed E-state index contributed by atoms with van der Waals surface area (Å²) in [5.41, 5.74) is 1.36. The summed E-state index contributed by atoms with van der Waals surface area (Å²) in [6, 6.07) is 8.60. The number of aliphatic carboxylic acids is 1. The first-order valence-corrected chi connectivity index (χ1v) is 11.8. The first kappa shape index (κ1) is 24.7. The van der Waals surface area contributed by atoms with Crippen LogP contribution in [0.5, 0.6) is 11.5 Å². The van der Waals surface area contributed by atoms with Crippen LogP contribution in [0.4, 0.5) is 4.79 Å². The van der Waals surface area contributed by atoms with E-state index in [0.29, 0.717) is 50.4 Å². The SMILES string of the molecule is CCOc1cc(/C=C2/SC(=O)N(CC(=O)O)C2=O)cc(I)c1OCc1ccc(Cl)cc1Cl. The Kier molecular flexibility index (Phi) is 8.32. The van der Waals surface area contributed by atoms with Crippen LogP contribution >= 0.6 is 57.6 Å². The number of carbonyl (C=O) groups excluding carboxylic acids is 2. The van der Waals surface area contributed by atoms with Crippen molar-refractivity contribution in [3.05, 3.63) is 60.0 Å². The maximum atomic E-state index is 12.4. The van der Waals surface area contributed by atoms with Crippen molar-refractivity contribution in [1.82, 2.24) is 4.90 Å². The number of ether oxygens (including phenoxy) is 2. The fraction of sp³-hybridized carbons (Fsp3) is 0.190. The number of imide groups is 1. The van der Waals surface area contributed by atoms with E-state index in [2.05, 4.69) is 22.6 Å². The summed E-state index contributed by atoms with van der Waals surface area (Å²) in [5.74, 6) is -0.938. The van der Waals surface area contributed by atoms with Crippen LogP contribution in [0, 0.1) is 3.57 Å². The third-order valence-corrected chi connectivity index (χ3v) is 6.48. The summed E-state index contributed by atoms with van der Waals surface area (Å²) in [5, 5.41) is 9.28. The summed E-state index contributed by atoms with van der Waals surface area (Å²) in [7, 11) is 0. The molecule has 1 saturated heterocycles. The van der Waals surface area contributed by atoms with Crippen LogP contribution in [0.1, 0.15) is 18.1 Å². The molecule has 0 saturated carbocycles. The number of halogens is 3. The van der Waals surface area contributed by atoms with Crippen LogP contribution in [-0.4, -0.2) is 40.3 Å². The average molecular weight is 608 g/mol. The maximum absolute atomic E-state index is 12.4. The van der Waals surface area contributed by atoms with Gasteiger partial charge in [0, 0.05) is 15.6 Å². The van der Waals surface area contributed by atoms with Crippen LogP contribution in [-0.2, 0) is 16.2 Å². The second-order valence-electron chi connectivity index (χ2n) is 6.45. The molecule has 0 unspecified atom stereocenters. The number of thioether (sulfide) groups is 1. The highest BCUT2D eigenvalue weighted by molar-refractivity contribution is 14.1. The second-order valence-corrected chi connectivity index (χ2v) is 9.45. The average Bonchev–Trinajstić information content (AvgIpc) is 2.96. The van der Waals surface area contributed by atoms with Gasteiger partial charge in [0.1, 0.15) is 13.2 Å². The Labute approximate surface area is 211 Å². The Balaban J connectivity index is 1.87. The fourth-order valence-corrected chi connectivity index (χ4v) is 4.87. The van der Waals surface area contributed by atoms with E-state index in [-0.39, 0.29) is 11.5 Å². The molecule has 0 spiro atoms. The van der Waals surface area contributed by atoms with Gasteiger partial charge in [-0.3, -0.25) is 19.3 Å². The zero-order valence-corrected chi connectivity index (χ0v) is 21.0. The van der Waals surface area contributed by atoms with Crippen molar-refractivity contribution in [3.63, 3.8) is 0 Å². The van der Waals surface area contributed by atoms with Crippen LogP contribution in [0.25, 0.3) is 6.08 Å². The summed E-state index contributed by atoms with van der Waals surface area (Å²) >= 11 is 14.9. The quantitative estimate of drug-likeness (QED) is 0.304. The number of carboxylic acid groups (broad SMARTS) is 1. The van der Waals surface area contributed by atoms with Crippen molar-refractivity contribution < 1.29 is 29.0 Å². The number of nitrogens with zero attached hydrogens (tertiary/aromatic N) is 1. The molecule has 0 atom stereocenters. The molecule has 1 fully saturated rings. The Bertz CT molecular complexity index is 1120. The molecule has 0 bridgehead atoms. The van der Waals surface area contributed by atoms with Gasteiger partial charge in [0.25, 0.3) is 11.1 Å². The number of carboxylic acids is 1. The molecule has 7 nitrogen and oxygen atoms in total. The normalized spacial score (nSPS) is 14.9. The van der Waals surface area contributed by atoms with Crippen LogP contribution < -0.4 is 9.47 Å². The predicted octanol–water partition coefficient (Wildman–Crippen LogP) is 5.70. The molecule has 1 heterocycles. The molecule has 168 valence electrons. The monoisotopic (exact) mass is 607 g/mol. The van der Waals surface area contributed by atoms with Gasteiger partial charge in [-0.1, -0.05) is 29.3 Å². The second kappa shape index (κ2) is 10.8. The highest BCUT2D eigenvalue weighted by atomic mass is 127. The van der Waals surface area contributed by atoms with Crippen molar-refractivity contribution >= 4 is 80.7 Å². The molecule has 1 N–H and O–H groups in total. The Morgan fingerprint density at radius 1 is 1.22 bits per heavy atom. The van der Waals surface area contributed by atoms with Gasteiger partial charge in [-0.2, -0.15) is 0 Å². The van der Waals surface area contributed by atoms with Gasteiger partial charge >= 0.3 is 5.97 Å². The summed E-state index contributed by atoms with van der Waals surface area (Å²) < 4.78 is 12.4. The van der Waals surface area contributed by atoms with Crippen LogP contribution in [0.3, 0.4) is 0 Å². The Morgan fingerprint density at radius 3 is 2.62 bits per heavy atom. The van der Waals surface area contributed by atoms with E-state index in [4.69, 9.17) is 37.8 Å². The summed E-state index contributed by atoms with van der Waals surface area (Å²) in [4.78, 5) is 36.1. The molecule has 32 heavy (non-hydrogen) atoms. The lowest BCUT2D eigenvalue weighted by Crippen LogP contribution is -2.33. The number of amides is 2. The van der Waals surface area contributed by atoms with Gasteiger partial charge in [0.05, 0.1) is 15.1 Å². The molecule has 1 aliphatic heterocycles. The van der Waals surface area contributed by atoms with E-state index >= 15 is 0 Å². The lowest BCUT2D eigenvalue weighted by molar-refractivity contribution is -0.140. The lowest BCUT2D eigenvalue weighted by atomic mass is 10.1. The zero-order valence-electron chi connectivity index (χ0n) is 16.6. The first-order valence-electron chi connectivity index (χ1n) is 9.19. The van der Waals surface area contributed by atoms with Crippen molar-refractivity contribution in [1.29, 1.82) is 0 Å². The number of hydrogen-bond acceptors (Lipinski definition) is 6. The predicted molar refractivity (Wildman–Crippen MR) is 131 cm³/mol. The first-order chi connectivity index (χ1) is 15.2. The summed E-state index contributed by atoms with van der Waals surface area (Å²) in [6.45, 7) is 1.73. The van der Waals surface area contributed by atoms with E-state index in [1.807, 2.05) is 6.92 Å². The molecule has 0 aromatic heterocycles. The van der Waals surface area contributed by atoms with E-state index in [1.165, 1.54) is 6.08 Å². The van der Waals surface area contributed by atoms with Gasteiger partial charge < -0.3 is 14.6 Å². The van der Waals surface area contributed by atoms with Crippen molar-refractivity contribution in [2.45, 2.75) is 13.5 Å². The van der Waals surface area contributed by atoms with Crippen LogP contribution in [0.2, 0.25) is 10.0 Å². The highest BCUT2D eigenvalue weighted by Crippen LogP contribution is 2.38. The fourth-order valence-electron chi connectivity index (χ4n) is 2.79. The van der Waals surface area contributed by atoms with Gasteiger partial charge in [-0.25, -0.2) is 0 Å². The van der Waals surface area contributed by atoms with E-state index in [9.17, 15) is 14.4 Å². The number of hydrogen-bond donors (Lipinski definition) is 1. The van der Waals surface area contributed by atoms with Gasteiger partial charge in [0.2, 0.25) is 0 Å². The molecule has 2 aromatic carbocycles. The standard InChI is InChI=1S/C21H16Cl2INO6S/c1-2-30-16-6-11(7-17-20(28)25(9-18(26)27)21(29)32-17)5-15(24)19(16)31-10-12-3-4-13(22)8-14(12)23/h3-8H,2,9-10H2,1H3,(H,26,27)/b17-7+. The number of carbonyl (C=O) groups is 3. The van der Waals surface area contributed by atoms with Crippen molar-refractivity contribution in [2.24, 2.45) is 0 Å². The highest BCUT2D eigenvalue weighted by Gasteiger charge is 2.36. The molecule has 0 radical (unpaired) electrons. The molecule has 2 amide bonds. The van der Waals surface area contributed by atoms with Gasteiger partial charge in [-0.15, -0.1) is 0 Å². The van der Waals surface area contributed by atoms with E-state index < -0.39 is 23.7 Å². The Hall–Kier alpha value is -1.95. The third kappa shape index (κ3) is 5.89. The Morgan fingerprint density at radius 2 is 1.97 bits per heavy atom. The van der Waals surface area contributed by atoms with E-state index in [1.54, 1.807) is 30.3 Å². The van der Waals surface area contributed by atoms with Crippen LogP contribution in [0.15, 0.2) is 35.2 Å². The lowest BCUT2D eigenvalue weighted by Gasteiger charge is -2.15. The summed E-state index contributed by atoms with van der Waals surface area (Å²) in [6.07, 6.45) is 1.53. The smallest absolute Gasteiger partial charge is 0.323 e. The van der Waals surface area contributed by atoms with Gasteiger partial charge in [0.15, 0.2) is 11.5 Å². The molecule has 3 rings (SSSR count). The minimum atomic E-state index is -1.26. The topological polar surface area (TPSA) is 93.1 Å². The number of rotatable bonds is 8. The van der Waals surface area contributed by atoms with Gasteiger partial charge in [-0.05, 0) is 77.2 Å².